The maximum atomic E-state index is 14.0. The number of benzene rings is 1. The van der Waals surface area contributed by atoms with E-state index < -0.39 is 34.8 Å². The number of hydrogen-bond acceptors (Lipinski definition) is 9. The van der Waals surface area contributed by atoms with Gasteiger partial charge in [-0.1, -0.05) is 49.4 Å². The number of rotatable bonds is 9. The van der Waals surface area contributed by atoms with Crippen molar-refractivity contribution in [3.63, 3.8) is 0 Å². The molecule has 4 aromatic heterocycles. The summed E-state index contributed by atoms with van der Waals surface area (Å²) in [5.74, 6) is 0.699. The van der Waals surface area contributed by atoms with Crippen LogP contribution in [0.4, 0.5) is 5.82 Å². The summed E-state index contributed by atoms with van der Waals surface area (Å²) in [5.41, 5.74) is 1.19. The van der Waals surface area contributed by atoms with E-state index >= 15 is 0 Å². The fourth-order valence-corrected chi connectivity index (χ4v) is 7.67. The van der Waals surface area contributed by atoms with Gasteiger partial charge in [0.15, 0.2) is 15.7 Å². The fourth-order valence-electron chi connectivity index (χ4n) is 5.73. The summed E-state index contributed by atoms with van der Waals surface area (Å²) in [4.78, 5) is 24.9. The van der Waals surface area contributed by atoms with E-state index in [1.54, 1.807) is 35.2 Å². The number of halogens is 1. The molecule has 0 aliphatic carbocycles. The summed E-state index contributed by atoms with van der Waals surface area (Å²) >= 11 is 6.40. The number of ether oxygens (including phenoxy) is 1. The Bertz CT molecular complexity index is 2120. The monoisotopic (exact) mass is 664 g/mol. The maximum Gasteiger partial charge on any atom is 0.284 e. The molecule has 0 spiro atoms. The minimum Gasteiger partial charge on any atom is -0.361 e. The van der Waals surface area contributed by atoms with Crippen molar-refractivity contribution in [2.24, 2.45) is 0 Å². The summed E-state index contributed by atoms with van der Waals surface area (Å²) in [6.45, 7) is 7.70. The first kappa shape index (κ1) is 31.0. The van der Waals surface area contributed by atoms with Gasteiger partial charge in [-0.05, 0) is 30.7 Å². The molecule has 15 heteroatoms. The van der Waals surface area contributed by atoms with E-state index in [2.05, 4.69) is 35.7 Å². The largest absolute Gasteiger partial charge is 0.361 e. The Balaban J connectivity index is 1.52. The molecule has 1 aliphatic heterocycles. The van der Waals surface area contributed by atoms with Crippen LogP contribution in [0.15, 0.2) is 59.9 Å². The minimum absolute atomic E-state index is 0.0769. The van der Waals surface area contributed by atoms with Gasteiger partial charge in [-0.3, -0.25) is 9.36 Å². The number of nitriles is 1. The number of anilines is 1. The van der Waals surface area contributed by atoms with E-state index in [9.17, 15) is 18.5 Å². The molecule has 0 radical (unpaired) electrons. The third kappa shape index (κ3) is 5.88. The van der Waals surface area contributed by atoms with Gasteiger partial charge in [-0.25, -0.2) is 22.9 Å². The minimum atomic E-state index is -3.52. The second-order valence-electron chi connectivity index (χ2n) is 12.5. The van der Waals surface area contributed by atoms with Gasteiger partial charge in [0.1, 0.15) is 36.1 Å². The Morgan fingerprint density at radius 1 is 1.16 bits per heavy atom. The van der Waals surface area contributed by atoms with Crippen LogP contribution in [0.3, 0.4) is 0 Å². The van der Waals surface area contributed by atoms with E-state index in [-0.39, 0.29) is 30.2 Å². The van der Waals surface area contributed by atoms with Crippen molar-refractivity contribution in [2.45, 2.75) is 50.1 Å². The van der Waals surface area contributed by atoms with Crippen molar-refractivity contribution in [3.8, 4) is 11.8 Å². The molecule has 234 valence electrons. The summed E-state index contributed by atoms with van der Waals surface area (Å²) in [5, 5.41) is 15.0. The number of fused-ring (bicyclic) bond motifs is 2. The van der Waals surface area contributed by atoms with Crippen LogP contribution in [0.25, 0.3) is 22.2 Å². The Morgan fingerprint density at radius 2 is 1.91 bits per heavy atom. The highest BCUT2D eigenvalue weighted by Gasteiger charge is 2.43. The third-order valence-electron chi connectivity index (χ3n) is 8.10. The number of hydrogen-bond donors (Lipinski definition) is 0. The third-order valence-corrected chi connectivity index (χ3v) is 11.7. The second kappa shape index (κ2) is 11.7. The van der Waals surface area contributed by atoms with Gasteiger partial charge in [0.05, 0.1) is 33.0 Å². The molecule has 1 saturated heterocycles. The molecular weight excluding hydrogens is 632 g/mol. The Morgan fingerprint density at radius 3 is 2.60 bits per heavy atom. The molecular formula is C30H33ClN8O4SSi. The van der Waals surface area contributed by atoms with E-state index in [0.717, 1.165) is 6.04 Å². The van der Waals surface area contributed by atoms with Crippen molar-refractivity contribution < 1.29 is 13.2 Å². The predicted octanol–water partition coefficient (Wildman–Crippen LogP) is 4.43. The molecule has 1 aromatic carbocycles. The van der Waals surface area contributed by atoms with E-state index in [1.165, 1.54) is 21.7 Å². The van der Waals surface area contributed by atoms with Gasteiger partial charge < -0.3 is 14.2 Å². The summed E-state index contributed by atoms with van der Waals surface area (Å²) < 4.78 is 36.6. The molecule has 5 aromatic rings. The van der Waals surface area contributed by atoms with Gasteiger partial charge >= 0.3 is 0 Å². The maximum absolute atomic E-state index is 14.0. The average molecular weight is 665 g/mol. The van der Waals surface area contributed by atoms with Crippen molar-refractivity contribution in [2.75, 3.05) is 24.3 Å². The molecule has 0 saturated carbocycles. The molecule has 0 N–H and O–H groups in total. The zero-order valence-electron chi connectivity index (χ0n) is 25.4. The highest BCUT2D eigenvalue weighted by Crippen LogP contribution is 2.41. The molecule has 0 amide bonds. The molecule has 1 fully saturated rings. The van der Waals surface area contributed by atoms with Gasteiger partial charge in [0.25, 0.3) is 5.56 Å². The lowest BCUT2D eigenvalue weighted by molar-refractivity contribution is 0.0898. The molecule has 0 bridgehead atoms. The van der Waals surface area contributed by atoms with Crippen molar-refractivity contribution in [3.05, 3.63) is 81.9 Å². The molecule has 5 heterocycles. The summed E-state index contributed by atoms with van der Waals surface area (Å²) in [7, 11) is -4.81. The molecule has 2 atom stereocenters. The van der Waals surface area contributed by atoms with Crippen LogP contribution in [0, 0.1) is 11.3 Å². The Hall–Kier alpha value is -4.03. The van der Waals surface area contributed by atoms with Gasteiger partial charge in [0.2, 0.25) is 0 Å². The first-order chi connectivity index (χ1) is 21.4. The summed E-state index contributed by atoms with van der Waals surface area (Å²) in [6, 6.07) is 13.2. The van der Waals surface area contributed by atoms with Gasteiger partial charge in [0, 0.05) is 39.9 Å². The summed E-state index contributed by atoms with van der Waals surface area (Å²) in [6.07, 6.45) is 6.03. The highest BCUT2D eigenvalue weighted by molar-refractivity contribution is 7.91. The first-order valence-electron chi connectivity index (χ1n) is 14.5. The number of nitrogens with zero attached hydrogens (tertiary/aromatic N) is 8. The lowest BCUT2D eigenvalue weighted by Crippen LogP contribution is -2.33. The van der Waals surface area contributed by atoms with Crippen LogP contribution in [0.5, 0.6) is 0 Å². The smallest absolute Gasteiger partial charge is 0.284 e. The van der Waals surface area contributed by atoms with Crippen LogP contribution in [0.1, 0.15) is 23.9 Å². The van der Waals surface area contributed by atoms with Crippen LogP contribution >= 0.6 is 11.6 Å². The lowest BCUT2D eigenvalue weighted by Gasteiger charge is -2.27. The van der Waals surface area contributed by atoms with E-state index in [0.29, 0.717) is 40.5 Å². The van der Waals surface area contributed by atoms with Crippen molar-refractivity contribution in [1.29, 1.82) is 5.26 Å². The Kier molecular flexibility index (Phi) is 8.06. The molecule has 6 rings (SSSR count). The standard InChI is InChI=1S/C30H33ClN8O4SSi/c1-44(41,42)22-14-24(27-35-38-11-10-23(31)26(38)30(40)39(27)21-8-6-5-7-9-21)37(17-22)29-25-20(15-32)16-36(28(25)33-18-34-29)19-43-12-13-45(2,3)4/h5-11,16,18,22,24H,12-14,17,19H2,1-4H3/t22-,24?/m0/s1. The van der Waals surface area contributed by atoms with E-state index in [4.69, 9.17) is 21.4 Å². The molecule has 1 aliphatic rings. The van der Waals surface area contributed by atoms with E-state index in [1.807, 2.05) is 23.1 Å². The van der Waals surface area contributed by atoms with Gasteiger partial charge in [-0.2, -0.15) is 10.4 Å². The predicted molar refractivity (Wildman–Crippen MR) is 175 cm³/mol. The highest BCUT2D eigenvalue weighted by atomic mass is 35.5. The van der Waals surface area contributed by atoms with Crippen molar-refractivity contribution >= 4 is 51.9 Å². The van der Waals surface area contributed by atoms with Crippen LogP contribution in [-0.4, -0.2) is 69.9 Å². The van der Waals surface area contributed by atoms with Crippen LogP contribution in [-0.2, 0) is 21.3 Å². The quantitative estimate of drug-likeness (QED) is 0.165. The number of sulfone groups is 1. The zero-order chi connectivity index (χ0) is 32.1. The number of aromatic nitrogens is 6. The molecule has 45 heavy (non-hydrogen) atoms. The first-order valence-corrected chi connectivity index (χ1v) is 20.5. The number of para-hydroxylation sites is 1. The normalized spacial score (nSPS) is 17.4. The fraction of sp³-hybridized carbons (Fsp3) is 0.367. The topological polar surface area (TPSA) is 140 Å². The second-order valence-corrected chi connectivity index (χ2v) is 20.9. The molecule has 12 nitrogen and oxygen atoms in total. The SMILES string of the molecule is C[Si](C)(C)CCOCn1cc(C#N)c2c(N3C[C@@H](S(C)(=O)=O)CC3c3nn4ccc(Cl)c4c(=O)n3-c3ccccc3)ncnc21. The van der Waals surface area contributed by atoms with Gasteiger partial charge in [-0.15, -0.1) is 0 Å². The van der Waals surface area contributed by atoms with Crippen LogP contribution in [0.2, 0.25) is 30.7 Å². The van der Waals surface area contributed by atoms with Crippen molar-refractivity contribution in [1.82, 2.24) is 28.7 Å². The lowest BCUT2D eigenvalue weighted by atomic mass is 10.1. The average Bonchev–Trinajstić information content (AvgIpc) is 3.70. The Labute approximate surface area is 266 Å². The zero-order valence-corrected chi connectivity index (χ0v) is 28.0. The van der Waals surface area contributed by atoms with Crippen LogP contribution < -0.4 is 10.5 Å². The molecule has 1 unspecified atom stereocenters.